The predicted molar refractivity (Wildman–Crippen MR) is 78.1 cm³/mol. The Morgan fingerprint density at radius 3 is 2.70 bits per heavy atom. The number of aliphatic hydroxyl groups is 1. The molecule has 0 saturated heterocycles. The maximum absolute atomic E-state index is 11.7. The molecule has 7 atom stereocenters. The summed E-state index contributed by atoms with van der Waals surface area (Å²) < 4.78 is 0. The van der Waals surface area contributed by atoms with Crippen molar-refractivity contribution < 1.29 is 9.90 Å². The Bertz CT molecular complexity index is 418. The third-order valence-corrected chi connectivity index (χ3v) is 7.72. The van der Waals surface area contributed by atoms with Crippen molar-refractivity contribution in [3.63, 3.8) is 0 Å². The third kappa shape index (κ3) is 1.76. The molecule has 2 nitrogen and oxygen atoms in total. The quantitative estimate of drug-likeness (QED) is 0.734. The van der Waals surface area contributed by atoms with Gasteiger partial charge in [-0.25, -0.2) is 0 Å². The molecular weight excluding hydrogens is 248 g/mol. The molecule has 20 heavy (non-hydrogen) atoms. The normalized spacial score (nSPS) is 55.0. The lowest BCUT2D eigenvalue weighted by molar-refractivity contribution is -0.128. The molecule has 4 aliphatic rings. The van der Waals surface area contributed by atoms with Gasteiger partial charge >= 0.3 is 0 Å². The van der Waals surface area contributed by atoms with Crippen molar-refractivity contribution in [3.05, 3.63) is 0 Å². The van der Waals surface area contributed by atoms with Crippen LogP contribution < -0.4 is 0 Å². The summed E-state index contributed by atoms with van der Waals surface area (Å²) in [6, 6.07) is 0. The van der Waals surface area contributed by atoms with Crippen molar-refractivity contribution >= 4 is 5.78 Å². The van der Waals surface area contributed by atoms with Crippen LogP contribution >= 0.6 is 0 Å². The fourth-order valence-electron chi connectivity index (χ4n) is 6.63. The highest BCUT2D eigenvalue weighted by atomic mass is 16.3. The number of carbonyl (C=O) groups excluding carboxylic acids is 1. The van der Waals surface area contributed by atoms with E-state index in [9.17, 15) is 9.90 Å². The lowest BCUT2D eigenvalue weighted by atomic mass is 9.50. The van der Waals surface area contributed by atoms with E-state index in [0.717, 1.165) is 49.4 Å². The van der Waals surface area contributed by atoms with E-state index in [0.29, 0.717) is 11.7 Å². The Balaban J connectivity index is 1.58. The van der Waals surface area contributed by atoms with Crippen molar-refractivity contribution in [3.8, 4) is 0 Å². The number of carbonyl (C=O) groups is 1. The summed E-state index contributed by atoms with van der Waals surface area (Å²) >= 11 is 0. The van der Waals surface area contributed by atoms with Gasteiger partial charge in [-0.2, -0.15) is 0 Å². The molecule has 4 aliphatic carbocycles. The summed E-state index contributed by atoms with van der Waals surface area (Å²) in [4.78, 5) is 11.7. The fraction of sp³-hybridized carbons (Fsp3) is 0.944. The number of rotatable bonds is 0. The van der Waals surface area contributed by atoms with Gasteiger partial charge in [-0.15, -0.1) is 0 Å². The molecule has 0 bridgehead atoms. The largest absolute Gasteiger partial charge is 0.393 e. The molecule has 0 amide bonds. The van der Waals surface area contributed by atoms with Crippen molar-refractivity contribution in [2.24, 2.45) is 35.0 Å². The van der Waals surface area contributed by atoms with E-state index in [1.54, 1.807) is 0 Å². The number of Topliss-reactive ketones (excluding diaryl/α,β-unsaturated/α-hetero) is 1. The molecule has 0 unspecified atom stereocenters. The van der Waals surface area contributed by atoms with Crippen LogP contribution in [0.5, 0.6) is 0 Å². The summed E-state index contributed by atoms with van der Waals surface area (Å²) in [5.74, 6) is 4.52. The van der Waals surface area contributed by atoms with Gasteiger partial charge in [-0.05, 0) is 80.0 Å². The maximum Gasteiger partial charge on any atom is 0.133 e. The summed E-state index contributed by atoms with van der Waals surface area (Å²) in [5, 5.41) is 10.4. The van der Waals surface area contributed by atoms with Crippen molar-refractivity contribution in [2.45, 2.75) is 70.8 Å². The molecule has 0 aromatic heterocycles. The zero-order valence-corrected chi connectivity index (χ0v) is 12.7. The Kier molecular flexibility index (Phi) is 3.03. The first-order chi connectivity index (χ1) is 9.59. The number of aliphatic hydroxyl groups excluding tert-OH is 1. The summed E-state index contributed by atoms with van der Waals surface area (Å²) in [5.41, 5.74) is 0.207. The van der Waals surface area contributed by atoms with Crippen LogP contribution in [0, 0.1) is 35.0 Å². The number of hydrogen-bond acceptors (Lipinski definition) is 2. The smallest absolute Gasteiger partial charge is 0.133 e. The van der Waals surface area contributed by atoms with Crippen LogP contribution in [-0.4, -0.2) is 17.0 Å². The Morgan fingerprint density at radius 1 is 1.00 bits per heavy atom. The molecule has 0 aliphatic heterocycles. The molecule has 0 radical (unpaired) electrons. The van der Waals surface area contributed by atoms with Crippen LogP contribution in [0.25, 0.3) is 0 Å². The summed E-state index contributed by atoms with van der Waals surface area (Å²) in [6.07, 6.45) is 10.2. The Labute approximate surface area is 122 Å². The monoisotopic (exact) mass is 276 g/mol. The van der Waals surface area contributed by atoms with Crippen LogP contribution in [0.2, 0.25) is 0 Å². The van der Waals surface area contributed by atoms with Gasteiger partial charge in [-0.1, -0.05) is 6.92 Å². The van der Waals surface area contributed by atoms with Crippen LogP contribution in [0.3, 0.4) is 0 Å². The van der Waals surface area contributed by atoms with E-state index in [1.807, 2.05) is 0 Å². The first kappa shape index (κ1) is 13.3. The highest BCUT2D eigenvalue weighted by Gasteiger charge is 2.56. The van der Waals surface area contributed by atoms with E-state index in [2.05, 4.69) is 6.92 Å². The van der Waals surface area contributed by atoms with Crippen LogP contribution in [0.4, 0.5) is 0 Å². The van der Waals surface area contributed by atoms with Crippen molar-refractivity contribution in [1.29, 1.82) is 0 Å². The molecule has 4 saturated carbocycles. The third-order valence-electron chi connectivity index (χ3n) is 7.72. The lowest BCUT2D eigenvalue weighted by Gasteiger charge is -2.55. The molecule has 2 heteroatoms. The molecule has 0 spiro atoms. The van der Waals surface area contributed by atoms with E-state index in [4.69, 9.17) is 0 Å². The lowest BCUT2D eigenvalue weighted by Crippen LogP contribution is -2.49. The maximum atomic E-state index is 11.7. The molecule has 0 aromatic carbocycles. The fourth-order valence-corrected chi connectivity index (χ4v) is 6.63. The van der Waals surface area contributed by atoms with E-state index in [1.165, 1.54) is 32.1 Å². The molecule has 0 aromatic rings. The zero-order valence-electron chi connectivity index (χ0n) is 12.7. The van der Waals surface area contributed by atoms with Gasteiger partial charge in [0.15, 0.2) is 0 Å². The Morgan fingerprint density at radius 2 is 1.85 bits per heavy atom. The molecular formula is C18H28O2. The van der Waals surface area contributed by atoms with Gasteiger partial charge in [0.2, 0.25) is 0 Å². The standard InChI is InChI=1S/C18H28O2/c1-18-9-8-14-13-5-3-12(19)10-11(13)2-4-15(14)16(18)6-7-17(18)20/h11,13-17,20H,2-10H2,1H3/t11-,13-,14-,15-,16+,17+,18-/m0/s1. The van der Waals surface area contributed by atoms with Gasteiger partial charge < -0.3 is 5.11 Å². The molecule has 112 valence electrons. The number of hydrogen-bond donors (Lipinski definition) is 1. The number of fused-ring (bicyclic) bond motifs is 5. The molecule has 4 rings (SSSR count). The van der Waals surface area contributed by atoms with Crippen LogP contribution in [-0.2, 0) is 4.79 Å². The van der Waals surface area contributed by atoms with E-state index >= 15 is 0 Å². The zero-order chi connectivity index (χ0) is 13.9. The van der Waals surface area contributed by atoms with Gasteiger partial charge in [0.05, 0.1) is 6.10 Å². The van der Waals surface area contributed by atoms with E-state index in [-0.39, 0.29) is 11.5 Å². The topological polar surface area (TPSA) is 37.3 Å². The second kappa shape index (κ2) is 4.56. The van der Waals surface area contributed by atoms with Crippen molar-refractivity contribution in [1.82, 2.24) is 0 Å². The second-order valence-electron chi connectivity index (χ2n) is 8.35. The molecule has 4 fully saturated rings. The minimum atomic E-state index is -0.0564. The molecule has 0 heterocycles. The van der Waals surface area contributed by atoms with Gasteiger partial charge in [0.1, 0.15) is 5.78 Å². The highest BCUT2D eigenvalue weighted by molar-refractivity contribution is 5.79. The molecule has 1 N–H and O–H groups in total. The van der Waals surface area contributed by atoms with Crippen molar-refractivity contribution in [2.75, 3.05) is 0 Å². The Hall–Kier alpha value is -0.370. The van der Waals surface area contributed by atoms with Crippen LogP contribution in [0.1, 0.15) is 64.7 Å². The average Bonchev–Trinajstić information content (AvgIpc) is 2.74. The highest BCUT2D eigenvalue weighted by Crippen LogP contribution is 2.62. The second-order valence-corrected chi connectivity index (χ2v) is 8.35. The summed E-state index contributed by atoms with van der Waals surface area (Å²) in [7, 11) is 0. The van der Waals surface area contributed by atoms with Crippen LogP contribution in [0.15, 0.2) is 0 Å². The van der Waals surface area contributed by atoms with Gasteiger partial charge in [0.25, 0.3) is 0 Å². The van der Waals surface area contributed by atoms with Gasteiger partial charge in [0, 0.05) is 12.8 Å². The minimum Gasteiger partial charge on any atom is -0.393 e. The predicted octanol–water partition coefficient (Wildman–Crippen LogP) is 3.57. The van der Waals surface area contributed by atoms with Gasteiger partial charge in [-0.3, -0.25) is 4.79 Å². The first-order valence-corrected chi connectivity index (χ1v) is 8.79. The average molecular weight is 276 g/mol. The summed E-state index contributed by atoms with van der Waals surface area (Å²) in [6.45, 7) is 2.35. The minimum absolute atomic E-state index is 0.0564. The SMILES string of the molecule is C[C@]12CC[C@H]3[C@H]4CCC(=O)C[C@@H]4CC[C@@H]3[C@H]1CC[C@H]2O. The first-order valence-electron chi connectivity index (χ1n) is 8.79. The number of ketones is 1. The van der Waals surface area contributed by atoms with E-state index < -0.39 is 0 Å².